The zero-order valence-electron chi connectivity index (χ0n) is 41.7. The van der Waals surface area contributed by atoms with Crippen molar-refractivity contribution >= 4 is 41.7 Å². The van der Waals surface area contributed by atoms with Crippen LogP contribution in [-0.4, -0.2) is 103 Å². The maximum atomic E-state index is 15.3. The Morgan fingerprint density at radius 1 is 0.887 bits per heavy atom. The summed E-state index contributed by atoms with van der Waals surface area (Å²) in [7, 11) is 2.95. The fraction of sp³-hybridized carbons (Fsp3) is 0.538. The van der Waals surface area contributed by atoms with Crippen LogP contribution in [0.1, 0.15) is 129 Å². The van der Waals surface area contributed by atoms with Crippen molar-refractivity contribution in [1.29, 1.82) is 5.26 Å². The van der Waals surface area contributed by atoms with Crippen molar-refractivity contribution in [3.8, 4) is 46.3 Å². The molecule has 3 aromatic rings. The summed E-state index contributed by atoms with van der Waals surface area (Å²) in [5.74, 6) is -0.371. The van der Waals surface area contributed by atoms with Crippen molar-refractivity contribution in [2.75, 3.05) is 39.9 Å². The summed E-state index contributed by atoms with van der Waals surface area (Å²) in [4.78, 5) is 74.0. The maximum Gasteiger partial charge on any atom is 0.411 e. The van der Waals surface area contributed by atoms with Gasteiger partial charge in [-0.25, -0.2) is 9.59 Å². The number of carbonyl (C=O) groups is 5. The molecule has 0 saturated carbocycles. The number of nitrogens with one attached hydrogen (secondary N) is 1. The molecule has 2 saturated heterocycles. The molecule has 2 fully saturated rings. The Kier molecular flexibility index (Phi) is 13.4. The number of methoxy groups -OCH3 is 2. The van der Waals surface area contributed by atoms with Crippen molar-refractivity contribution in [2.24, 2.45) is 0 Å². The SMILES string of the molecule is CCCC(=O)Oc1cc2c(cc1OC)[C@@]1(CS[C@@H]3c4c(OC(C)=O)c(C)c5c(c4[C@@H](COC1=O)N1C3[C@H]3c4c(cc(C)c(OC)c4OC(=O)CCC)C[C@H]([C@@H]1C#N)N3C(=O)OC(C)(C)C)OCO5)NCC2. The molecular formula is C52H60N4O14S. The third-order valence-corrected chi connectivity index (χ3v) is 15.5. The van der Waals surface area contributed by atoms with E-state index in [9.17, 15) is 19.6 Å². The number of nitrogens with zero attached hydrogens (tertiary/aromatic N) is 3. The van der Waals surface area contributed by atoms with E-state index < -0.39 is 76.6 Å². The molecular weight excluding hydrogens is 937 g/mol. The third-order valence-electron chi connectivity index (χ3n) is 14.0. The second-order valence-corrected chi connectivity index (χ2v) is 20.9. The Bertz CT molecular complexity index is 2770. The Labute approximate surface area is 416 Å². The topological polar surface area (TPSA) is 211 Å². The number of rotatable bonds is 9. The van der Waals surface area contributed by atoms with E-state index in [0.717, 1.165) is 11.1 Å². The summed E-state index contributed by atoms with van der Waals surface area (Å²) in [5.41, 5.74) is 2.18. The highest BCUT2D eigenvalue weighted by Crippen LogP contribution is 2.65. The molecule has 7 heterocycles. The van der Waals surface area contributed by atoms with Crippen LogP contribution in [0.25, 0.3) is 0 Å². The molecule has 378 valence electrons. The quantitative estimate of drug-likeness (QED) is 0.165. The van der Waals surface area contributed by atoms with Gasteiger partial charge < -0.3 is 42.6 Å². The molecule has 3 aromatic carbocycles. The van der Waals surface area contributed by atoms with Crippen LogP contribution >= 0.6 is 11.8 Å². The Morgan fingerprint density at radius 2 is 1.61 bits per heavy atom. The normalized spacial score (nSPS) is 24.8. The van der Waals surface area contributed by atoms with Crippen LogP contribution in [0.2, 0.25) is 0 Å². The van der Waals surface area contributed by atoms with Gasteiger partial charge in [-0.1, -0.05) is 19.9 Å². The molecule has 7 atom stereocenters. The van der Waals surface area contributed by atoms with E-state index in [1.165, 1.54) is 32.9 Å². The van der Waals surface area contributed by atoms with Crippen LogP contribution in [0, 0.1) is 25.2 Å². The standard InChI is InChI=1S/C52H60N4O14S/c1-11-13-36(58)68-35-19-28-15-16-54-52(30(28)20-34(35)62-9)23-71-48-40-39(46-45(65-24-66-46)26(4)44(40)67-27(5)57)33(22-64-49(52)60)55-32(21-53)31-18-29-17-25(3)43(63-10)47(69-37(59)14-12-2)38(29)41(42(48)55)56(31)50(61)70-51(6,7)8/h17,19-20,31-33,41-42,48,54H,11-16,18,22-24H2,1-10H3/t31-,32+,33-,41-,42?,48-,52-/m1/s1. The van der Waals surface area contributed by atoms with Crippen molar-refractivity contribution in [2.45, 2.75) is 141 Å². The highest BCUT2D eigenvalue weighted by Gasteiger charge is 2.64. The first-order valence-corrected chi connectivity index (χ1v) is 25.2. The van der Waals surface area contributed by atoms with E-state index in [4.69, 9.17) is 42.6 Å². The second-order valence-electron chi connectivity index (χ2n) is 19.7. The number of thioether (sulfide) groups is 1. The molecule has 1 amide bonds. The molecule has 7 aliphatic rings. The van der Waals surface area contributed by atoms with Gasteiger partial charge >= 0.3 is 30.0 Å². The van der Waals surface area contributed by atoms with Gasteiger partial charge in [-0.05, 0) is 94.7 Å². The van der Waals surface area contributed by atoms with Gasteiger partial charge in [0.05, 0.1) is 49.7 Å². The lowest BCUT2D eigenvalue weighted by Gasteiger charge is -2.62. The van der Waals surface area contributed by atoms with Crippen LogP contribution < -0.4 is 38.5 Å². The molecule has 7 aliphatic heterocycles. The zero-order valence-corrected chi connectivity index (χ0v) is 42.5. The number of esters is 4. The van der Waals surface area contributed by atoms with Gasteiger partial charge in [0.15, 0.2) is 40.0 Å². The fourth-order valence-corrected chi connectivity index (χ4v) is 13.1. The third kappa shape index (κ3) is 8.34. The number of benzene rings is 3. The molecule has 4 bridgehead atoms. The van der Waals surface area contributed by atoms with Crippen molar-refractivity contribution < 1.29 is 66.6 Å². The maximum absolute atomic E-state index is 15.3. The van der Waals surface area contributed by atoms with Crippen molar-refractivity contribution in [1.82, 2.24) is 15.1 Å². The molecule has 19 heteroatoms. The van der Waals surface area contributed by atoms with Gasteiger partial charge in [0.25, 0.3) is 0 Å². The summed E-state index contributed by atoms with van der Waals surface area (Å²) in [6.07, 6.45) is 1.31. The number of hydrogen-bond donors (Lipinski definition) is 1. The first-order chi connectivity index (χ1) is 33.9. The van der Waals surface area contributed by atoms with Gasteiger partial charge in [0.1, 0.15) is 24.0 Å². The van der Waals surface area contributed by atoms with Crippen LogP contribution in [0.5, 0.6) is 40.2 Å². The average Bonchev–Trinajstić information content (AvgIpc) is 3.81. The van der Waals surface area contributed by atoms with Gasteiger partial charge in [-0.2, -0.15) is 5.26 Å². The molecule has 71 heavy (non-hydrogen) atoms. The molecule has 1 spiro atoms. The Balaban J connectivity index is 1.34. The monoisotopic (exact) mass is 996 g/mol. The summed E-state index contributed by atoms with van der Waals surface area (Å²) in [6, 6.07) is 3.11. The molecule has 1 unspecified atom stereocenters. The molecule has 0 radical (unpaired) electrons. The molecule has 1 N–H and O–H groups in total. The zero-order chi connectivity index (χ0) is 50.8. The molecule has 18 nitrogen and oxygen atoms in total. The first kappa shape index (κ1) is 49.7. The lowest BCUT2D eigenvalue weighted by molar-refractivity contribution is -0.157. The summed E-state index contributed by atoms with van der Waals surface area (Å²) >= 11 is 1.34. The summed E-state index contributed by atoms with van der Waals surface area (Å²) in [6.45, 7) is 13.8. The van der Waals surface area contributed by atoms with Crippen LogP contribution in [-0.2, 0) is 47.0 Å². The van der Waals surface area contributed by atoms with E-state index in [1.54, 1.807) is 44.7 Å². The van der Waals surface area contributed by atoms with Gasteiger partial charge in [0.2, 0.25) is 6.79 Å². The summed E-state index contributed by atoms with van der Waals surface area (Å²) in [5, 5.41) is 14.3. The Morgan fingerprint density at radius 3 is 2.27 bits per heavy atom. The van der Waals surface area contributed by atoms with Gasteiger partial charge in [-0.3, -0.25) is 29.5 Å². The molecule has 10 rings (SSSR count). The number of hydrogen-bond acceptors (Lipinski definition) is 18. The number of carbonyl (C=O) groups excluding carboxylic acids is 5. The van der Waals surface area contributed by atoms with E-state index >= 15 is 9.59 Å². The second kappa shape index (κ2) is 19.1. The molecule has 0 aromatic heterocycles. The lowest BCUT2D eigenvalue weighted by Crippen LogP contribution is -2.71. The van der Waals surface area contributed by atoms with E-state index in [1.807, 2.05) is 31.7 Å². The number of piperazine rings is 1. The highest BCUT2D eigenvalue weighted by molar-refractivity contribution is 7.99. The van der Waals surface area contributed by atoms with Crippen LogP contribution in [0.3, 0.4) is 0 Å². The van der Waals surface area contributed by atoms with Crippen molar-refractivity contribution in [3.05, 3.63) is 62.7 Å². The minimum absolute atomic E-state index is 0.0225. The lowest BCUT2D eigenvalue weighted by atomic mass is 9.71. The number of fused-ring (bicyclic) bond motifs is 9. The average molecular weight is 997 g/mol. The smallest absolute Gasteiger partial charge is 0.411 e. The summed E-state index contributed by atoms with van der Waals surface area (Å²) < 4.78 is 55.5. The number of aryl methyl sites for hydroxylation is 1. The largest absolute Gasteiger partial charge is 0.493 e. The van der Waals surface area contributed by atoms with Gasteiger partial charge in [0, 0.05) is 54.3 Å². The van der Waals surface area contributed by atoms with Crippen LogP contribution in [0.4, 0.5) is 4.79 Å². The van der Waals surface area contributed by atoms with Crippen molar-refractivity contribution in [3.63, 3.8) is 0 Å². The van der Waals surface area contributed by atoms with E-state index in [-0.39, 0.29) is 61.4 Å². The number of amides is 1. The highest BCUT2D eigenvalue weighted by atomic mass is 32.2. The minimum Gasteiger partial charge on any atom is -0.493 e. The van der Waals surface area contributed by atoms with Gasteiger partial charge in [-0.15, -0.1) is 11.8 Å². The predicted molar refractivity (Wildman–Crippen MR) is 256 cm³/mol. The first-order valence-electron chi connectivity index (χ1n) is 24.1. The minimum atomic E-state index is -1.55. The van der Waals surface area contributed by atoms with E-state index in [0.29, 0.717) is 76.4 Å². The van der Waals surface area contributed by atoms with Crippen LogP contribution in [0.15, 0.2) is 18.2 Å². The molecule has 0 aliphatic carbocycles. The predicted octanol–water partition coefficient (Wildman–Crippen LogP) is 7.29. The number of nitriles is 1. The number of ether oxygens (including phenoxy) is 9. The van der Waals surface area contributed by atoms with E-state index in [2.05, 4.69) is 11.4 Å². The Hall–Kier alpha value is -6.23. The fourth-order valence-electron chi connectivity index (χ4n) is 11.4.